The number of rotatable bonds is 7. The topological polar surface area (TPSA) is 60.0 Å². The molecule has 6 heteroatoms. The minimum atomic E-state index is -0.377. The highest BCUT2D eigenvalue weighted by Crippen LogP contribution is 2.17. The van der Waals surface area contributed by atoms with Crippen LogP contribution in [0.5, 0.6) is 5.75 Å². The van der Waals surface area contributed by atoms with Crippen LogP contribution in [0.4, 0.5) is 4.39 Å². The van der Waals surface area contributed by atoms with Crippen molar-refractivity contribution in [1.29, 1.82) is 0 Å². The Labute approximate surface area is 168 Å². The third-order valence-corrected chi connectivity index (χ3v) is 4.63. The van der Waals surface area contributed by atoms with Gasteiger partial charge in [-0.15, -0.1) is 5.10 Å². The van der Waals surface area contributed by atoms with Crippen molar-refractivity contribution in [2.45, 2.75) is 12.4 Å². The molecule has 4 nitrogen and oxygen atoms in total. The Bertz CT molecular complexity index is 961. The summed E-state index contributed by atoms with van der Waals surface area (Å²) in [5.74, 6) is 0.599. The largest absolute Gasteiger partial charge is 0.486 e. The van der Waals surface area contributed by atoms with Crippen LogP contribution in [0.3, 0.4) is 0 Å². The summed E-state index contributed by atoms with van der Waals surface area (Å²) in [6.07, 6.45) is 1.63. The molecular formula is C22H20FN3OS. The lowest BCUT2D eigenvalue weighted by molar-refractivity contribution is 0.290. The van der Waals surface area contributed by atoms with Crippen molar-refractivity contribution in [1.82, 2.24) is 0 Å². The van der Waals surface area contributed by atoms with Gasteiger partial charge in [0.15, 0.2) is 16.7 Å². The van der Waals surface area contributed by atoms with Crippen LogP contribution in [0.1, 0.15) is 16.7 Å². The van der Waals surface area contributed by atoms with Gasteiger partial charge in [-0.05, 0) is 34.9 Å². The van der Waals surface area contributed by atoms with E-state index in [1.165, 1.54) is 23.4 Å². The standard InChI is InChI=1S/C22H20FN3OS/c23-20-11-4-5-12-21(20)27-15-19-10-6-9-18(13-19)14-25-26-22(24)28-16-17-7-2-1-3-8-17/h1-14H,15-16H2,(H2,24,26). The van der Waals surface area contributed by atoms with Crippen LogP contribution in [0, 0.1) is 5.82 Å². The summed E-state index contributed by atoms with van der Waals surface area (Å²) in [7, 11) is 0. The van der Waals surface area contributed by atoms with Gasteiger partial charge in [-0.25, -0.2) is 4.39 Å². The Kier molecular flexibility index (Phi) is 7.21. The van der Waals surface area contributed by atoms with Gasteiger partial charge in [-0.3, -0.25) is 0 Å². The van der Waals surface area contributed by atoms with E-state index >= 15 is 0 Å². The zero-order valence-electron chi connectivity index (χ0n) is 15.2. The number of thioether (sulfide) groups is 1. The average molecular weight is 393 g/mol. The van der Waals surface area contributed by atoms with Gasteiger partial charge in [0.2, 0.25) is 0 Å². The summed E-state index contributed by atoms with van der Waals surface area (Å²) in [5.41, 5.74) is 8.83. The van der Waals surface area contributed by atoms with Crippen LogP contribution in [0.15, 0.2) is 89.1 Å². The van der Waals surface area contributed by atoms with E-state index in [0.717, 1.165) is 16.9 Å². The van der Waals surface area contributed by atoms with Crippen molar-refractivity contribution < 1.29 is 9.13 Å². The van der Waals surface area contributed by atoms with Crippen LogP contribution in [0.2, 0.25) is 0 Å². The number of hydrogen-bond donors (Lipinski definition) is 1. The fraction of sp³-hybridized carbons (Fsp3) is 0.0909. The van der Waals surface area contributed by atoms with Gasteiger partial charge in [0.05, 0.1) is 6.21 Å². The molecule has 142 valence electrons. The van der Waals surface area contributed by atoms with Crippen LogP contribution in [0.25, 0.3) is 0 Å². The van der Waals surface area contributed by atoms with E-state index in [1.54, 1.807) is 24.4 Å². The normalized spacial score (nSPS) is 11.7. The number of hydrogen-bond acceptors (Lipinski definition) is 4. The van der Waals surface area contributed by atoms with Gasteiger partial charge in [0, 0.05) is 5.75 Å². The van der Waals surface area contributed by atoms with Gasteiger partial charge in [-0.2, -0.15) is 5.10 Å². The number of ether oxygens (including phenoxy) is 1. The van der Waals surface area contributed by atoms with Crippen LogP contribution in [-0.4, -0.2) is 11.4 Å². The molecule has 2 N–H and O–H groups in total. The first kappa shape index (κ1) is 19.6. The van der Waals surface area contributed by atoms with E-state index < -0.39 is 0 Å². The maximum Gasteiger partial charge on any atom is 0.180 e. The highest BCUT2D eigenvalue weighted by molar-refractivity contribution is 8.13. The first-order chi connectivity index (χ1) is 13.7. The van der Waals surface area contributed by atoms with Crippen molar-refractivity contribution in [3.05, 3.63) is 101 Å². The molecule has 0 aliphatic carbocycles. The molecule has 0 heterocycles. The second kappa shape index (κ2) is 10.3. The maximum absolute atomic E-state index is 13.6. The third kappa shape index (κ3) is 6.25. The monoisotopic (exact) mass is 393 g/mol. The third-order valence-electron chi connectivity index (χ3n) is 3.77. The fourth-order valence-electron chi connectivity index (χ4n) is 2.40. The van der Waals surface area contributed by atoms with Gasteiger partial charge in [0.1, 0.15) is 6.61 Å². The molecule has 0 spiro atoms. The van der Waals surface area contributed by atoms with Gasteiger partial charge in [0.25, 0.3) is 0 Å². The quantitative estimate of drug-likeness (QED) is 0.350. The Morgan fingerprint density at radius 2 is 1.71 bits per heavy atom. The fourth-order valence-corrected chi connectivity index (χ4v) is 3.01. The van der Waals surface area contributed by atoms with Crippen molar-refractivity contribution in [3.8, 4) is 5.75 Å². The van der Waals surface area contributed by atoms with Gasteiger partial charge < -0.3 is 10.5 Å². The Morgan fingerprint density at radius 3 is 2.54 bits per heavy atom. The summed E-state index contributed by atoms with van der Waals surface area (Å²) in [5, 5.41) is 8.46. The molecule has 0 fully saturated rings. The second-order valence-corrected chi connectivity index (χ2v) is 6.92. The molecule has 0 amide bonds. The Hall–Kier alpha value is -3.12. The maximum atomic E-state index is 13.6. The van der Waals surface area contributed by atoms with Crippen molar-refractivity contribution in [2.24, 2.45) is 15.9 Å². The van der Waals surface area contributed by atoms with E-state index in [1.807, 2.05) is 54.6 Å². The van der Waals surface area contributed by atoms with Crippen LogP contribution < -0.4 is 10.5 Å². The van der Waals surface area contributed by atoms with Crippen molar-refractivity contribution in [3.63, 3.8) is 0 Å². The number of benzene rings is 3. The predicted molar refractivity (Wildman–Crippen MR) is 114 cm³/mol. The molecule has 0 bridgehead atoms. The summed E-state index contributed by atoms with van der Waals surface area (Å²) in [4.78, 5) is 0. The Morgan fingerprint density at radius 1 is 0.964 bits per heavy atom. The zero-order valence-corrected chi connectivity index (χ0v) is 16.0. The van der Waals surface area contributed by atoms with Crippen molar-refractivity contribution >= 4 is 23.1 Å². The number of para-hydroxylation sites is 1. The van der Waals surface area contributed by atoms with E-state index in [0.29, 0.717) is 5.17 Å². The molecular weight excluding hydrogens is 373 g/mol. The minimum Gasteiger partial charge on any atom is -0.486 e. The molecule has 0 aliphatic heterocycles. The molecule has 28 heavy (non-hydrogen) atoms. The van der Waals surface area contributed by atoms with E-state index in [-0.39, 0.29) is 18.2 Å². The minimum absolute atomic E-state index is 0.231. The lowest BCUT2D eigenvalue weighted by Crippen LogP contribution is -2.06. The number of nitrogens with zero attached hydrogens (tertiary/aromatic N) is 2. The van der Waals surface area contributed by atoms with Gasteiger partial charge >= 0.3 is 0 Å². The molecule has 0 aliphatic rings. The molecule has 0 aromatic heterocycles. The molecule has 0 saturated heterocycles. The second-order valence-electron chi connectivity index (χ2n) is 5.92. The number of nitrogens with two attached hydrogens (primary N) is 1. The summed E-state index contributed by atoms with van der Waals surface area (Å²) < 4.78 is 19.1. The van der Waals surface area contributed by atoms with Crippen LogP contribution >= 0.6 is 11.8 Å². The van der Waals surface area contributed by atoms with Crippen LogP contribution in [-0.2, 0) is 12.4 Å². The first-order valence-corrected chi connectivity index (χ1v) is 9.69. The Balaban J connectivity index is 1.54. The zero-order chi connectivity index (χ0) is 19.6. The predicted octanol–water partition coefficient (Wildman–Crippen LogP) is 4.99. The SMILES string of the molecule is NC(=NN=Cc1cccc(COc2ccccc2F)c1)SCc1ccccc1. The lowest BCUT2D eigenvalue weighted by atomic mass is 10.1. The molecule has 0 saturated carbocycles. The molecule has 0 unspecified atom stereocenters. The van der Waals surface area contributed by atoms with E-state index in [2.05, 4.69) is 10.2 Å². The van der Waals surface area contributed by atoms with Crippen molar-refractivity contribution in [2.75, 3.05) is 0 Å². The molecule has 3 aromatic rings. The molecule has 3 rings (SSSR count). The lowest BCUT2D eigenvalue weighted by Gasteiger charge is -2.07. The highest BCUT2D eigenvalue weighted by Gasteiger charge is 2.02. The summed E-state index contributed by atoms with van der Waals surface area (Å²) >= 11 is 1.43. The number of halogens is 1. The van der Waals surface area contributed by atoms with E-state index in [9.17, 15) is 4.39 Å². The van der Waals surface area contributed by atoms with Gasteiger partial charge in [-0.1, -0.05) is 72.4 Å². The molecule has 0 atom stereocenters. The summed E-state index contributed by atoms with van der Waals surface area (Å²) in [6.45, 7) is 0.265. The highest BCUT2D eigenvalue weighted by atomic mass is 32.2. The first-order valence-electron chi connectivity index (χ1n) is 8.70. The average Bonchev–Trinajstić information content (AvgIpc) is 2.73. The molecule has 0 radical (unpaired) electrons. The smallest absolute Gasteiger partial charge is 0.180 e. The summed E-state index contributed by atoms with van der Waals surface area (Å²) in [6, 6.07) is 24.0. The number of amidine groups is 1. The molecule has 3 aromatic carbocycles. The van der Waals surface area contributed by atoms with E-state index in [4.69, 9.17) is 10.5 Å².